The molecule has 2 aromatic rings. The molecule has 1 fully saturated rings. The number of amides is 1. The van der Waals surface area contributed by atoms with E-state index in [0.29, 0.717) is 18.2 Å². The highest BCUT2D eigenvalue weighted by molar-refractivity contribution is 5.97. The summed E-state index contributed by atoms with van der Waals surface area (Å²) in [6, 6.07) is 8.33. The third kappa shape index (κ3) is 1.69. The van der Waals surface area contributed by atoms with Gasteiger partial charge in [-0.05, 0) is 43.2 Å². The fourth-order valence-corrected chi connectivity index (χ4v) is 5.28. The molecule has 1 aromatic carbocycles. The van der Waals surface area contributed by atoms with Gasteiger partial charge in [-0.1, -0.05) is 25.1 Å². The topological polar surface area (TPSA) is 42.3 Å². The van der Waals surface area contributed by atoms with Crippen LogP contribution >= 0.6 is 0 Å². The average Bonchev–Trinajstić information content (AvgIpc) is 2.87. The normalized spacial score (nSPS) is 28.9. The zero-order valence-electron chi connectivity index (χ0n) is 14.0. The minimum Gasteiger partial charge on any atom is -0.333 e. The molecule has 0 bridgehead atoms. The van der Waals surface area contributed by atoms with Crippen LogP contribution < -0.4 is 0 Å². The Labute approximate surface area is 141 Å². The van der Waals surface area contributed by atoms with Crippen molar-refractivity contribution >= 4 is 22.7 Å². The van der Waals surface area contributed by atoms with E-state index in [-0.39, 0.29) is 17.9 Å². The van der Waals surface area contributed by atoms with E-state index in [0.717, 1.165) is 43.4 Å². The molecule has 4 heterocycles. The Morgan fingerprint density at radius 2 is 2.00 bits per heavy atom. The second-order valence-electron chi connectivity index (χ2n) is 7.48. The molecule has 0 aliphatic carbocycles. The van der Waals surface area contributed by atoms with E-state index in [2.05, 4.69) is 24.0 Å². The van der Waals surface area contributed by atoms with Crippen LogP contribution in [-0.4, -0.2) is 27.8 Å². The molecule has 3 aliphatic rings. The average molecular weight is 322 g/mol. The Morgan fingerprint density at radius 1 is 1.17 bits per heavy atom. The fourth-order valence-electron chi connectivity index (χ4n) is 5.28. The highest BCUT2D eigenvalue weighted by Gasteiger charge is 2.47. The number of nitrogens with zero attached hydrogens (tertiary/aromatic N) is 2. The van der Waals surface area contributed by atoms with E-state index in [1.807, 2.05) is 16.7 Å². The number of hydrogen-bond acceptors (Lipinski definition) is 2. The predicted molar refractivity (Wildman–Crippen MR) is 91.8 cm³/mol. The summed E-state index contributed by atoms with van der Waals surface area (Å²) >= 11 is 0. The van der Waals surface area contributed by atoms with Crippen molar-refractivity contribution in [2.24, 2.45) is 11.8 Å². The van der Waals surface area contributed by atoms with Gasteiger partial charge in [0.05, 0.1) is 17.3 Å². The van der Waals surface area contributed by atoms with E-state index in [1.54, 1.807) is 0 Å². The van der Waals surface area contributed by atoms with Crippen molar-refractivity contribution < 1.29 is 9.59 Å². The van der Waals surface area contributed by atoms with Gasteiger partial charge in [0.1, 0.15) is 0 Å². The zero-order chi connectivity index (χ0) is 16.4. The molecule has 1 aromatic heterocycles. The van der Waals surface area contributed by atoms with E-state index in [1.165, 1.54) is 10.9 Å². The number of para-hydroxylation sites is 1. The van der Waals surface area contributed by atoms with Gasteiger partial charge in [0.25, 0.3) is 0 Å². The SMILES string of the molecule is CC[C@@H]1C[C@@H]2CCC(=O)n3c4c(c5ccccc53)CCN(C1=O)[C@@H]42. The number of carbonyl (C=O) groups is 2. The molecule has 0 spiro atoms. The summed E-state index contributed by atoms with van der Waals surface area (Å²) in [4.78, 5) is 27.9. The first-order valence-corrected chi connectivity index (χ1v) is 9.16. The fraction of sp³-hybridized carbons (Fsp3) is 0.500. The van der Waals surface area contributed by atoms with Crippen LogP contribution in [0.15, 0.2) is 24.3 Å². The molecule has 5 rings (SSSR count). The Hall–Kier alpha value is -2.10. The number of piperidine rings is 1. The lowest BCUT2D eigenvalue weighted by molar-refractivity contribution is -0.146. The lowest BCUT2D eigenvalue weighted by Gasteiger charge is -2.46. The predicted octanol–water partition coefficient (Wildman–Crippen LogP) is 3.55. The molecule has 1 saturated heterocycles. The van der Waals surface area contributed by atoms with Gasteiger partial charge in [0, 0.05) is 24.3 Å². The molecule has 4 nitrogen and oxygen atoms in total. The summed E-state index contributed by atoms with van der Waals surface area (Å²) in [5.41, 5.74) is 3.45. The number of aromatic nitrogens is 1. The monoisotopic (exact) mass is 322 g/mol. The highest BCUT2D eigenvalue weighted by atomic mass is 16.2. The quantitative estimate of drug-likeness (QED) is 0.806. The van der Waals surface area contributed by atoms with Crippen LogP contribution in [0.25, 0.3) is 10.9 Å². The first-order chi connectivity index (χ1) is 11.7. The Bertz CT molecular complexity index is 866. The van der Waals surface area contributed by atoms with Crippen LogP contribution in [0.5, 0.6) is 0 Å². The third-order valence-corrected chi connectivity index (χ3v) is 6.38. The van der Waals surface area contributed by atoms with Crippen LogP contribution in [0.1, 0.15) is 54.7 Å². The van der Waals surface area contributed by atoms with E-state index in [4.69, 9.17) is 0 Å². The lowest BCUT2D eigenvalue weighted by atomic mass is 9.76. The summed E-state index contributed by atoms with van der Waals surface area (Å²) in [6.45, 7) is 2.91. The van der Waals surface area contributed by atoms with Crippen molar-refractivity contribution in [2.45, 2.75) is 45.1 Å². The standard InChI is InChI=1S/C20H22N2O2/c1-2-12-11-13-7-8-17(23)22-16-6-4-3-5-14(16)15-9-10-21(20(12)24)18(13)19(15)22/h3-6,12-13,18H,2,7-11H2,1H3/t12-,13+,18-/m1/s1. The van der Waals surface area contributed by atoms with Gasteiger partial charge in [-0.25, -0.2) is 0 Å². The van der Waals surface area contributed by atoms with Gasteiger partial charge < -0.3 is 4.90 Å². The maximum atomic E-state index is 12.9. The first-order valence-electron chi connectivity index (χ1n) is 9.16. The summed E-state index contributed by atoms with van der Waals surface area (Å²) in [6.07, 6.45) is 4.19. The Morgan fingerprint density at radius 3 is 2.83 bits per heavy atom. The zero-order valence-corrected chi connectivity index (χ0v) is 14.0. The van der Waals surface area contributed by atoms with Crippen molar-refractivity contribution in [2.75, 3.05) is 6.54 Å². The van der Waals surface area contributed by atoms with Crippen molar-refractivity contribution in [3.8, 4) is 0 Å². The molecule has 124 valence electrons. The summed E-state index contributed by atoms with van der Waals surface area (Å²) in [5.74, 6) is 1.06. The first kappa shape index (κ1) is 14.3. The Balaban J connectivity index is 1.79. The minimum absolute atomic E-state index is 0.0999. The maximum Gasteiger partial charge on any atom is 0.231 e. The molecule has 24 heavy (non-hydrogen) atoms. The number of carbonyl (C=O) groups excluding carboxylic acids is 2. The molecule has 0 radical (unpaired) electrons. The van der Waals surface area contributed by atoms with Crippen LogP contribution in [0.3, 0.4) is 0 Å². The van der Waals surface area contributed by atoms with Crippen molar-refractivity contribution in [3.05, 3.63) is 35.5 Å². The molecule has 0 saturated carbocycles. The second kappa shape index (κ2) is 4.95. The van der Waals surface area contributed by atoms with Crippen LogP contribution in [0, 0.1) is 11.8 Å². The molecular weight excluding hydrogens is 300 g/mol. The molecular formula is C20H22N2O2. The van der Waals surface area contributed by atoms with Crippen molar-refractivity contribution in [3.63, 3.8) is 0 Å². The molecule has 0 N–H and O–H groups in total. The van der Waals surface area contributed by atoms with Gasteiger partial charge in [-0.2, -0.15) is 0 Å². The third-order valence-electron chi connectivity index (χ3n) is 6.38. The van der Waals surface area contributed by atoms with E-state index < -0.39 is 0 Å². The summed E-state index contributed by atoms with van der Waals surface area (Å²) < 4.78 is 1.95. The van der Waals surface area contributed by atoms with Gasteiger partial charge in [0.2, 0.25) is 11.8 Å². The molecule has 0 unspecified atom stereocenters. The van der Waals surface area contributed by atoms with E-state index in [9.17, 15) is 9.59 Å². The molecule has 1 amide bonds. The largest absolute Gasteiger partial charge is 0.333 e. The minimum atomic E-state index is 0.0999. The van der Waals surface area contributed by atoms with Gasteiger partial charge >= 0.3 is 0 Å². The maximum absolute atomic E-state index is 12.9. The number of benzene rings is 1. The number of hydrogen-bond donors (Lipinski definition) is 0. The summed E-state index contributed by atoms with van der Waals surface area (Å²) in [5, 5.41) is 1.20. The Kier molecular flexibility index (Phi) is 2.94. The van der Waals surface area contributed by atoms with Gasteiger partial charge in [-0.15, -0.1) is 0 Å². The molecule has 3 atom stereocenters. The van der Waals surface area contributed by atoms with Crippen molar-refractivity contribution in [1.82, 2.24) is 9.47 Å². The van der Waals surface area contributed by atoms with Gasteiger partial charge in [0.15, 0.2) is 0 Å². The van der Waals surface area contributed by atoms with Gasteiger partial charge in [-0.3, -0.25) is 14.2 Å². The van der Waals surface area contributed by atoms with E-state index >= 15 is 0 Å². The highest BCUT2D eigenvalue weighted by Crippen LogP contribution is 2.49. The van der Waals surface area contributed by atoms with Crippen LogP contribution in [0.2, 0.25) is 0 Å². The molecule has 4 heteroatoms. The number of rotatable bonds is 1. The lowest BCUT2D eigenvalue weighted by Crippen LogP contribution is -2.50. The van der Waals surface area contributed by atoms with Crippen LogP contribution in [0.4, 0.5) is 0 Å². The molecule has 3 aliphatic heterocycles. The number of fused-ring (bicyclic) bond motifs is 3. The van der Waals surface area contributed by atoms with Crippen LogP contribution in [-0.2, 0) is 11.2 Å². The van der Waals surface area contributed by atoms with Crippen molar-refractivity contribution in [1.29, 1.82) is 0 Å². The summed E-state index contributed by atoms with van der Waals surface area (Å²) in [7, 11) is 0. The second-order valence-corrected chi connectivity index (χ2v) is 7.48. The smallest absolute Gasteiger partial charge is 0.231 e.